The molecule has 9 heteroatoms. The van der Waals surface area contributed by atoms with Crippen LogP contribution >= 0.6 is 12.4 Å². The lowest BCUT2D eigenvalue weighted by atomic mass is 10.0. The smallest absolute Gasteiger partial charge is 0.240 e. The van der Waals surface area contributed by atoms with E-state index in [-0.39, 0.29) is 36.2 Å². The maximum atomic E-state index is 14.1. The van der Waals surface area contributed by atoms with Crippen molar-refractivity contribution in [3.05, 3.63) is 60.2 Å². The Morgan fingerprint density at radius 3 is 2.66 bits per heavy atom. The molecule has 1 heterocycles. The number of aryl methyl sites for hydroxylation is 1. The quantitative estimate of drug-likeness (QED) is 0.591. The minimum absolute atomic E-state index is 0. The molecule has 0 unspecified atom stereocenters. The molecule has 0 amide bonds. The largest absolute Gasteiger partial charge is 0.327 e. The topological polar surface area (TPSA) is 90.0 Å². The Balaban J connectivity index is 0.00000300. The number of imidazole rings is 1. The predicted molar refractivity (Wildman–Crippen MR) is 116 cm³/mol. The van der Waals surface area contributed by atoms with Crippen molar-refractivity contribution in [3.8, 4) is 11.1 Å². The van der Waals surface area contributed by atoms with Crippen LogP contribution in [0.3, 0.4) is 0 Å². The Bertz CT molecular complexity index is 1140. The van der Waals surface area contributed by atoms with Gasteiger partial charge in [0.15, 0.2) is 0 Å². The number of hydrogen-bond acceptors (Lipinski definition) is 4. The average molecular weight is 439 g/mol. The van der Waals surface area contributed by atoms with Gasteiger partial charge < -0.3 is 10.3 Å². The molecule has 0 saturated carbocycles. The monoisotopic (exact) mass is 438 g/mol. The van der Waals surface area contributed by atoms with E-state index >= 15 is 0 Å². The zero-order valence-corrected chi connectivity index (χ0v) is 17.9. The van der Waals surface area contributed by atoms with Crippen LogP contribution in [-0.4, -0.2) is 31.6 Å². The Kier molecular flexibility index (Phi) is 7.54. The number of nitrogens with zero attached hydrogens (tertiary/aromatic N) is 2. The van der Waals surface area contributed by atoms with Crippen LogP contribution in [0.4, 0.5) is 4.39 Å². The van der Waals surface area contributed by atoms with Gasteiger partial charge in [0.05, 0.1) is 22.5 Å². The van der Waals surface area contributed by atoms with Crippen molar-refractivity contribution in [1.82, 2.24) is 14.3 Å². The van der Waals surface area contributed by atoms with Crippen LogP contribution in [-0.2, 0) is 23.0 Å². The van der Waals surface area contributed by atoms with E-state index in [0.717, 1.165) is 22.5 Å². The van der Waals surface area contributed by atoms with Gasteiger partial charge in [-0.3, -0.25) is 0 Å². The summed E-state index contributed by atoms with van der Waals surface area (Å²) in [5, 5.41) is 0. The number of hydrogen-bond donors (Lipinski definition) is 2. The standard InChI is InChI=1S/C20H23FN4O2S.ClH/c1-3-19-24-20-17(14-6-4-7-16(12-14)28(26,27)23-2)8-5-9-18(20)25(19)13-15(21)10-11-22;/h4-10,12,23H,3,11,13,22H2,1-2H3;1H. The van der Waals surface area contributed by atoms with Gasteiger partial charge in [-0.2, -0.15) is 0 Å². The third-order valence-electron chi connectivity index (χ3n) is 4.55. The molecule has 0 fully saturated rings. The fourth-order valence-corrected chi connectivity index (χ4v) is 3.94. The number of nitrogens with one attached hydrogen (secondary N) is 1. The van der Waals surface area contributed by atoms with Crippen molar-refractivity contribution < 1.29 is 12.8 Å². The third kappa shape index (κ3) is 4.67. The van der Waals surface area contributed by atoms with Gasteiger partial charge in [0, 0.05) is 18.5 Å². The SMILES string of the molecule is CCc1nc2c(-c3cccc(S(=O)(=O)NC)c3)cccc2n1CC(F)=CCN.Cl. The van der Waals surface area contributed by atoms with Gasteiger partial charge in [-0.05, 0) is 36.9 Å². The first-order valence-electron chi connectivity index (χ1n) is 8.98. The van der Waals surface area contributed by atoms with Crippen LogP contribution in [0, 0.1) is 0 Å². The summed E-state index contributed by atoms with van der Waals surface area (Å²) in [5.74, 6) is 0.436. The molecule has 29 heavy (non-hydrogen) atoms. The fraction of sp³-hybridized carbons (Fsp3) is 0.250. The maximum absolute atomic E-state index is 14.1. The Morgan fingerprint density at radius 1 is 1.28 bits per heavy atom. The van der Waals surface area contributed by atoms with Gasteiger partial charge in [0.25, 0.3) is 0 Å². The first kappa shape index (κ1) is 23.0. The molecule has 0 aliphatic heterocycles. The molecule has 156 valence electrons. The zero-order chi connectivity index (χ0) is 20.3. The Morgan fingerprint density at radius 2 is 2.00 bits per heavy atom. The van der Waals surface area contributed by atoms with E-state index in [2.05, 4.69) is 4.72 Å². The number of sulfonamides is 1. The molecule has 0 bridgehead atoms. The van der Waals surface area contributed by atoms with E-state index in [9.17, 15) is 12.8 Å². The highest BCUT2D eigenvalue weighted by Crippen LogP contribution is 2.31. The van der Waals surface area contributed by atoms with Crippen molar-refractivity contribution in [2.45, 2.75) is 24.8 Å². The van der Waals surface area contributed by atoms with Crippen LogP contribution in [0.1, 0.15) is 12.7 Å². The summed E-state index contributed by atoms with van der Waals surface area (Å²) in [6.07, 6.45) is 1.99. The molecule has 0 aliphatic carbocycles. The number of benzene rings is 2. The Hall–Kier alpha value is -2.26. The second kappa shape index (κ2) is 9.49. The molecule has 1 aromatic heterocycles. The normalized spacial score (nSPS) is 12.2. The van der Waals surface area contributed by atoms with Gasteiger partial charge in [-0.25, -0.2) is 22.5 Å². The molecule has 3 N–H and O–H groups in total. The summed E-state index contributed by atoms with van der Waals surface area (Å²) in [7, 11) is -2.18. The highest BCUT2D eigenvalue weighted by atomic mass is 35.5. The number of nitrogens with two attached hydrogens (primary N) is 1. The molecule has 0 radical (unpaired) electrons. The number of aromatic nitrogens is 2. The van der Waals surface area contributed by atoms with Crippen LogP contribution in [0.15, 0.2) is 59.3 Å². The second-order valence-electron chi connectivity index (χ2n) is 6.26. The number of allylic oxidation sites excluding steroid dienone is 1. The Labute approximate surface area is 176 Å². The van der Waals surface area contributed by atoms with E-state index in [4.69, 9.17) is 10.7 Å². The van der Waals surface area contributed by atoms with Crippen LogP contribution < -0.4 is 10.5 Å². The lowest BCUT2D eigenvalue weighted by molar-refractivity contribution is 0.549. The molecule has 3 rings (SSSR count). The fourth-order valence-electron chi connectivity index (χ4n) is 3.17. The van der Waals surface area contributed by atoms with Gasteiger partial charge in [0.1, 0.15) is 11.7 Å². The van der Waals surface area contributed by atoms with Crippen LogP contribution in [0.25, 0.3) is 22.2 Å². The van der Waals surface area contributed by atoms with Gasteiger partial charge in [-0.15, -0.1) is 12.4 Å². The zero-order valence-electron chi connectivity index (χ0n) is 16.2. The number of halogens is 2. The lowest BCUT2D eigenvalue weighted by Gasteiger charge is -2.08. The molecule has 0 saturated heterocycles. The van der Waals surface area contributed by atoms with E-state index in [1.165, 1.54) is 13.1 Å². The van der Waals surface area contributed by atoms with Crippen molar-refractivity contribution >= 4 is 33.5 Å². The molecule has 0 atom stereocenters. The molecular weight excluding hydrogens is 415 g/mol. The van der Waals surface area contributed by atoms with Gasteiger partial charge in [-0.1, -0.05) is 31.2 Å². The minimum Gasteiger partial charge on any atom is -0.327 e. The van der Waals surface area contributed by atoms with Gasteiger partial charge >= 0.3 is 0 Å². The summed E-state index contributed by atoms with van der Waals surface area (Å²) in [6, 6.07) is 12.3. The first-order chi connectivity index (χ1) is 13.4. The molecule has 0 spiro atoms. The molecule has 6 nitrogen and oxygen atoms in total. The summed E-state index contributed by atoms with van der Waals surface area (Å²) < 4.78 is 42.6. The molecular formula is C20H24ClFN4O2S. The van der Waals surface area contributed by atoms with Crippen molar-refractivity contribution in [3.63, 3.8) is 0 Å². The summed E-state index contributed by atoms with van der Waals surface area (Å²) in [5.41, 5.74) is 8.43. The molecule has 2 aromatic carbocycles. The predicted octanol–water partition coefficient (Wildman–Crippen LogP) is 3.41. The first-order valence-corrected chi connectivity index (χ1v) is 10.5. The summed E-state index contributed by atoms with van der Waals surface area (Å²) in [4.78, 5) is 4.88. The number of rotatable bonds is 7. The second-order valence-corrected chi connectivity index (χ2v) is 8.15. The van der Waals surface area contributed by atoms with Crippen molar-refractivity contribution in [1.29, 1.82) is 0 Å². The van der Waals surface area contributed by atoms with Gasteiger partial charge in [0.2, 0.25) is 10.0 Å². The summed E-state index contributed by atoms with van der Waals surface area (Å²) >= 11 is 0. The molecule has 3 aromatic rings. The minimum atomic E-state index is -3.56. The highest BCUT2D eigenvalue weighted by molar-refractivity contribution is 7.89. The number of fused-ring (bicyclic) bond motifs is 1. The van der Waals surface area contributed by atoms with E-state index in [0.29, 0.717) is 11.9 Å². The van der Waals surface area contributed by atoms with Crippen molar-refractivity contribution in [2.24, 2.45) is 5.73 Å². The van der Waals surface area contributed by atoms with E-state index in [1.807, 2.05) is 35.8 Å². The van der Waals surface area contributed by atoms with Crippen LogP contribution in [0.2, 0.25) is 0 Å². The third-order valence-corrected chi connectivity index (χ3v) is 5.96. The highest BCUT2D eigenvalue weighted by Gasteiger charge is 2.17. The van der Waals surface area contributed by atoms with Crippen molar-refractivity contribution in [2.75, 3.05) is 13.6 Å². The van der Waals surface area contributed by atoms with Crippen LogP contribution in [0.5, 0.6) is 0 Å². The average Bonchev–Trinajstić information content (AvgIpc) is 3.06. The maximum Gasteiger partial charge on any atom is 0.240 e. The lowest BCUT2D eigenvalue weighted by Crippen LogP contribution is -2.18. The summed E-state index contributed by atoms with van der Waals surface area (Å²) in [6.45, 7) is 2.16. The number of para-hydroxylation sites is 1. The molecule has 0 aliphatic rings. The van der Waals surface area contributed by atoms with E-state index in [1.54, 1.807) is 18.2 Å². The van der Waals surface area contributed by atoms with E-state index < -0.39 is 10.0 Å².